The van der Waals surface area contributed by atoms with Crippen molar-refractivity contribution in [2.24, 2.45) is 4.99 Å². The molecule has 1 aliphatic rings. The van der Waals surface area contributed by atoms with E-state index in [1.807, 2.05) is 66.9 Å². The molecule has 2 heterocycles. The summed E-state index contributed by atoms with van der Waals surface area (Å²) in [6, 6.07) is 21.1. The number of ether oxygens (including phenoxy) is 3. The lowest BCUT2D eigenvalue weighted by atomic mass is 10.1. The first-order valence-electron chi connectivity index (χ1n) is 11.1. The Hall–Kier alpha value is -4.39. The minimum Gasteiger partial charge on any atom is -0.490 e. The Kier molecular flexibility index (Phi) is 5.82. The van der Waals surface area contributed by atoms with Crippen molar-refractivity contribution in [3.05, 3.63) is 89.9 Å². The lowest BCUT2D eigenvalue weighted by Gasteiger charge is -2.11. The highest BCUT2D eigenvalue weighted by molar-refractivity contribution is 6.13. The lowest BCUT2D eigenvalue weighted by molar-refractivity contribution is -0.129. The minimum atomic E-state index is -0.494. The number of benzene rings is 3. The molecule has 34 heavy (non-hydrogen) atoms. The number of fused-ring (bicyclic) bond motifs is 1. The van der Waals surface area contributed by atoms with Gasteiger partial charge in [-0.3, -0.25) is 4.57 Å². The van der Waals surface area contributed by atoms with Gasteiger partial charge in [0.2, 0.25) is 5.90 Å². The second kappa shape index (κ2) is 9.23. The molecule has 0 aliphatic carbocycles. The molecular formula is C27H23N3O4. The molecule has 3 aromatic carbocycles. The van der Waals surface area contributed by atoms with E-state index in [2.05, 4.69) is 9.98 Å². The first-order chi connectivity index (χ1) is 16.7. The van der Waals surface area contributed by atoms with Crippen LogP contribution in [0, 0.1) is 0 Å². The number of esters is 1. The third-order valence-electron chi connectivity index (χ3n) is 5.34. The number of hydrogen-bond donors (Lipinski definition) is 0. The first-order valence-corrected chi connectivity index (χ1v) is 11.1. The predicted octanol–water partition coefficient (Wildman–Crippen LogP) is 5.17. The van der Waals surface area contributed by atoms with Crippen LogP contribution in [0.15, 0.2) is 83.7 Å². The molecule has 0 spiro atoms. The van der Waals surface area contributed by atoms with E-state index in [1.165, 1.54) is 0 Å². The first kappa shape index (κ1) is 21.5. The zero-order valence-electron chi connectivity index (χ0n) is 18.9. The third kappa shape index (κ3) is 4.15. The van der Waals surface area contributed by atoms with Crippen molar-refractivity contribution in [3.8, 4) is 17.2 Å². The zero-order valence-corrected chi connectivity index (χ0v) is 18.9. The summed E-state index contributed by atoms with van der Waals surface area (Å²) in [6.45, 7) is 4.83. The fourth-order valence-electron chi connectivity index (χ4n) is 3.77. The maximum absolute atomic E-state index is 12.5. The summed E-state index contributed by atoms with van der Waals surface area (Å²) < 4.78 is 18.7. The maximum Gasteiger partial charge on any atom is 0.363 e. The van der Waals surface area contributed by atoms with Crippen molar-refractivity contribution >= 4 is 29.0 Å². The van der Waals surface area contributed by atoms with E-state index in [9.17, 15) is 4.79 Å². The van der Waals surface area contributed by atoms with Gasteiger partial charge in [-0.15, -0.1) is 0 Å². The molecular weight excluding hydrogens is 430 g/mol. The quantitative estimate of drug-likeness (QED) is 0.285. The number of para-hydroxylation sites is 2. The molecule has 5 rings (SSSR count). The number of rotatable bonds is 7. The van der Waals surface area contributed by atoms with Gasteiger partial charge in [0.1, 0.15) is 6.33 Å². The Morgan fingerprint density at radius 2 is 1.71 bits per heavy atom. The van der Waals surface area contributed by atoms with Gasteiger partial charge in [-0.25, -0.2) is 14.8 Å². The topological polar surface area (TPSA) is 74.9 Å². The number of carbonyl (C=O) groups is 1. The molecule has 1 aromatic heterocycles. The summed E-state index contributed by atoms with van der Waals surface area (Å²) in [7, 11) is 0. The van der Waals surface area contributed by atoms with Crippen molar-refractivity contribution in [3.63, 3.8) is 0 Å². The molecule has 0 N–H and O–H groups in total. The fourth-order valence-corrected chi connectivity index (χ4v) is 3.77. The molecule has 0 saturated carbocycles. The molecule has 7 nitrogen and oxygen atoms in total. The van der Waals surface area contributed by atoms with Gasteiger partial charge in [0.25, 0.3) is 0 Å². The Labute approximate surface area is 196 Å². The average Bonchev–Trinajstić information content (AvgIpc) is 3.45. The third-order valence-corrected chi connectivity index (χ3v) is 5.34. The summed E-state index contributed by atoms with van der Waals surface area (Å²) in [4.78, 5) is 21.3. The van der Waals surface area contributed by atoms with Crippen LogP contribution < -0.4 is 9.47 Å². The van der Waals surface area contributed by atoms with E-state index < -0.39 is 5.97 Å². The van der Waals surface area contributed by atoms with Crippen molar-refractivity contribution < 1.29 is 19.0 Å². The normalized spacial score (nSPS) is 14.4. The summed E-state index contributed by atoms with van der Waals surface area (Å²) >= 11 is 0. The Balaban J connectivity index is 1.40. The van der Waals surface area contributed by atoms with Crippen LogP contribution in [-0.4, -0.2) is 34.6 Å². The second-order valence-electron chi connectivity index (χ2n) is 7.56. The van der Waals surface area contributed by atoms with Crippen LogP contribution in [0.25, 0.3) is 22.8 Å². The SMILES string of the molecule is CCOc1ccc(C2=N/C(=C/c3ccc(-n4cnc5ccccc54)cc3)C(=O)O2)cc1OCC. The number of imidazole rings is 1. The highest BCUT2D eigenvalue weighted by Crippen LogP contribution is 2.30. The Bertz CT molecular complexity index is 1420. The van der Waals surface area contributed by atoms with Gasteiger partial charge >= 0.3 is 5.97 Å². The van der Waals surface area contributed by atoms with E-state index in [1.54, 1.807) is 30.6 Å². The predicted molar refractivity (Wildman–Crippen MR) is 130 cm³/mol. The number of carbonyl (C=O) groups excluding carboxylic acids is 1. The highest BCUT2D eigenvalue weighted by Gasteiger charge is 2.25. The molecule has 0 atom stereocenters. The standard InChI is InChI=1S/C27H23N3O4/c1-3-32-24-14-11-19(16-25(24)33-4-2)26-29-22(27(31)34-26)15-18-9-12-20(13-10-18)30-17-28-21-7-5-6-8-23(21)30/h5-17H,3-4H2,1-2H3/b22-15+. The second-order valence-corrected chi connectivity index (χ2v) is 7.56. The van der Waals surface area contributed by atoms with Crippen LogP contribution in [0.3, 0.4) is 0 Å². The monoisotopic (exact) mass is 453 g/mol. The number of aromatic nitrogens is 2. The molecule has 0 amide bonds. The van der Waals surface area contributed by atoms with Crippen LogP contribution in [0.1, 0.15) is 25.0 Å². The van der Waals surface area contributed by atoms with Crippen molar-refractivity contribution in [2.45, 2.75) is 13.8 Å². The molecule has 0 bridgehead atoms. The van der Waals surface area contributed by atoms with Crippen molar-refractivity contribution in [2.75, 3.05) is 13.2 Å². The summed E-state index contributed by atoms with van der Waals surface area (Å²) in [5, 5.41) is 0. The van der Waals surface area contributed by atoms with Crippen LogP contribution in [0.2, 0.25) is 0 Å². The van der Waals surface area contributed by atoms with Gasteiger partial charge < -0.3 is 14.2 Å². The van der Waals surface area contributed by atoms with E-state index in [0.29, 0.717) is 30.3 Å². The van der Waals surface area contributed by atoms with Crippen LogP contribution in [0.4, 0.5) is 0 Å². The van der Waals surface area contributed by atoms with Crippen LogP contribution in [-0.2, 0) is 9.53 Å². The minimum absolute atomic E-state index is 0.238. The highest BCUT2D eigenvalue weighted by atomic mass is 16.6. The summed E-state index contributed by atoms with van der Waals surface area (Å²) in [5.41, 5.74) is 4.67. The van der Waals surface area contributed by atoms with Gasteiger partial charge in [0.05, 0.1) is 24.2 Å². The van der Waals surface area contributed by atoms with E-state index in [0.717, 1.165) is 22.3 Å². The zero-order chi connectivity index (χ0) is 23.5. The number of cyclic esters (lactones) is 1. The molecule has 4 aromatic rings. The van der Waals surface area contributed by atoms with Gasteiger partial charge in [-0.1, -0.05) is 24.3 Å². The van der Waals surface area contributed by atoms with E-state index >= 15 is 0 Å². The largest absolute Gasteiger partial charge is 0.490 e. The van der Waals surface area contributed by atoms with Gasteiger partial charge in [-0.05, 0) is 68.0 Å². The van der Waals surface area contributed by atoms with Crippen molar-refractivity contribution in [1.29, 1.82) is 0 Å². The fraction of sp³-hybridized carbons (Fsp3) is 0.148. The van der Waals surface area contributed by atoms with Crippen molar-refractivity contribution in [1.82, 2.24) is 9.55 Å². The molecule has 170 valence electrons. The molecule has 0 radical (unpaired) electrons. The Morgan fingerprint density at radius 3 is 2.50 bits per heavy atom. The average molecular weight is 453 g/mol. The van der Waals surface area contributed by atoms with Crippen LogP contribution >= 0.6 is 0 Å². The van der Waals surface area contributed by atoms with E-state index in [4.69, 9.17) is 14.2 Å². The maximum atomic E-state index is 12.5. The number of aliphatic imine (C=N–C) groups is 1. The molecule has 0 saturated heterocycles. The van der Waals surface area contributed by atoms with Gasteiger partial charge in [0, 0.05) is 11.3 Å². The van der Waals surface area contributed by atoms with Gasteiger partial charge in [0.15, 0.2) is 17.2 Å². The number of hydrogen-bond acceptors (Lipinski definition) is 6. The molecule has 7 heteroatoms. The summed E-state index contributed by atoms with van der Waals surface area (Å²) in [5.74, 6) is 0.966. The van der Waals surface area contributed by atoms with E-state index in [-0.39, 0.29) is 11.6 Å². The molecule has 0 fully saturated rings. The lowest BCUT2D eigenvalue weighted by Crippen LogP contribution is -2.06. The van der Waals surface area contributed by atoms with Crippen LogP contribution in [0.5, 0.6) is 11.5 Å². The summed E-state index contributed by atoms with van der Waals surface area (Å²) in [6.07, 6.45) is 3.51. The molecule has 1 aliphatic heterocycles. The molecule has 0 unspecified atom stereocenters. The smallest absolute Gasteiger partial charge is 0.363 e. The number of nitrogens with zero attached hydrogens (tertiary/aromatic N) is 3. The Morgan fingerprint density at radius 1 is 0.941 bits per heavy atom. The van der Waals surface area contributed by atoms with Gasteiger partial charge in [-0.2, -0.15) is 0 Å².